The van der Waals surface area contributed by atoms with Gasteiger partial charge in [-0.1, -0.05) is 58.9 Å². The number of halogens is 1. The standard InChI is InChI=1S/C16H25Cl/c1-12(2)14-8-6-13(7-9-14)10-15(11-17)16(3,4)5/h6-9,12,15H,10-11H2,1-5H3. The number of hydrogen-bond acceptors (Lipinski definition) is 0. The summed E-state index contributed by atoms with van der Waals surface area (Å²) in [6, 6.07) is 8.99. The third kappa shape index (κ3) is 4.35. The summed E-state index contributed by atoms with van der Waals surface area (Å²) >= 11 is 6.08. The van der Waals surface area contributed by atoms with E-state index in [2.05, 4.69) is 58.9 Å². The molecular formula is C16H25Cl. The first kappa shape index (κ1) is 14.6. The number of hydrogen-bond donors (Lipinski definition) is 0. The van der Waals surface area contributed by atoms with Crippen LogP contribution in [-0.2, 0) is 6.42 Å². The van der Waals surface area contributed by atoms with Gasteiger partial charge in [-0.05, 0) is 34.8 Å². The fraction of sp³-hybridized carbons (Fsp3) is 0.625. The SMILES string of the molecule is CC(C)c1ccc(CC(CCl)C(C)(C)C)cc1. The minimum absolute atomic E-state index is 0.276. The van der Waals surface area contributed by atoms with Crippen molar-refractivity contribution < 1.29 is 0 Å². The minimum Gasteiger partial charge on any atom is -0.126 e. The molecule has 1 unspecified atom stereocenters. The lowest BCUT2D eigenvalue weighted by Crippen LogP contribution is -2.24. The summed E-state index contributed by atoms with van der Waals surface area (Å²) in [5, 5.41) is 0. The fourth-order valence-electron chi connectivity index (χ4n) is 1.92. The van der Waals surface area contributed by atoms with Crippen molar-refractivity contribution in [1.82, 2.24) is 0 Å². The molecule has 0 saturated heterocycles. The predicted molar refractivity (Wildman–Crippen MR) is 77.9 cm³/mol. The first-order chi connectivity index (χ1) is 7.84. The van der Waals surface area contributed by atoms with Crippen molar-refractivity contribution in [3.05, 3.63) is 35.4 Å². The second kappa shape index (κ2) is 5.91. The van der Waals surface area contributed by atoms with Gasteiger partial charge in [0.25, 0.3) is 0 Å². The Bertz CT molecular complexity index is 330. The molecule has 0 aliphatic carbocycles. The summed E-state index contributed by atoms with van der Waals surface area (Å²) in [5.41, 5.74) is 3.08. The normalized spacial score (nSPS) is 14.1. The fourth-order valence-corrected chi connectivity index (χ4v) is 2.49. The van der Waals surface area contributed by atoms with Gasteiger partial charge in [0, 0.05) is 5.88 Å². The molecule has 0 nitrogen and oxygen atoms in total. The van der Waals surface area contributed by atoms with Crippen LogP contribution in [0.25, 0.3) is 0 Å². The minimum atomic E-state index is 0.276. The molecule has 0 fully saturated rings. The summed E-state index contributed by atoms with van der Waals surface area (Å²) in [6.07, 6.45) is 1.07. The molecule has 0 radical (unpaired) electrons. The summed E-state index contributed by atoms with van der Waals surface area (Å²) in [6.45, 7) is 11.3. The van der Waals surface area contributed by atoms with Gasteiger partial charge in [-0.15, -0.1) is 11.6 Å². The molecule has 1 aromatic carbocycles. The van der Waals surface area contributed by atoms with Crippen LogP contribution in [0.2, 0.25) is 0 Å². The monoisotopic (exact) mass is 252 g/mol. The average Bonchev–Trinajstić information content (AvgIpc) is 2.24. The number of alkyl halides is 1. The van der Waals surface area contributed by atoms with E-state index in [1.54, 1.807) is 0 Å². The van der Waals surface area contributed by atoms with Crippen molar-refractivity contribution in [3.63, 3.8) is 0 Å². The van der Waals surface area contributed by atoms with Gasteiger partial charge >= 0.3 is 0 Å². The van der Waals surface area contributed by atoms with E-state index in [-0.39, 0.29) is 5.41 Å². The molecule has 0 heterocycles. The molecule has 1 atom stereocenters. The van der Waals surface area contributed by atoms with Crippen molar-refractivity contribution in [2.24, 2.45) is 11.3 Å². The van der Waals surface area contributed by atoms with E-state index in [9.17, 15) is 0 Å². The highest BCUT2D eigenvalue weighted by Crippen LogP contribution is 2.30. The van der Waals surface area contributed by atoms with Crippen molar-refractivity contribution >= 4 is 11.6 Å². The van der Waals surface area contributed by atoms with Crippen molar-refractivity contribution in [1.29, 1.82) is 0 Å². The molecule has 1 heteroatoms. The van der Waals surface area contributed by atoms with Crippen molar-refractivity contribution in [2.75, 3.05) is 5.88 Å². The zero-order valence-electron chi connectivity index (χ0n) is 11.8. The van der Waals surface area contributed by atoms with Crippen molar-refractivity contribution in [3.8, 4) is 0 Å². The quantitative estimate of drug-likeness (QED) is 0.642. The molecule has 0 aliphatic heterocycles. The molecule has 0 N–H and O–H groups in total. The van der Waals surface area contributed by atoms with Crippen LogP contribution in [0.4, 0.5) is 0 Å². The molecule has 17 heavy (non-hydrogen) atoms. The Morgan fingerprint density at radius 3 is 1.94 bits per heavy atom. The van der Waals surface area contributed by atoms with Crippen LogP contribution in [-0.4, -0.2) is 5.88 Å². The van der Waals surface area contributed by atoms with Gasteiger partial charge in [-0.2, -0.15) is 0 Å². The van der Waals surface area contributed by atoms with E-state index in [0.29, 0.717) is 11.8 Å². The topological polar surface area (TPSA) is 0 Å². The lowest BCUT2D eigenvalue weighted by molar-refractivity contribution is 0.264. The molecule has 1 aromatic rings. The van der Waals surface area contributed by atoms with Gasteiger partial charge in [0.2, 0.25) is 0 Å². The van der Waals surface area contributed by atoms with Gasteiger partial charge in [0.15, 0.2) is 0 Å². The predicted octanol–water partition coefficient (Wildman–Crippen LogP) is 5.25. The summed E-state index contributed by atoms with van der Waals surface area (Å²) in [5.74, 6) is 1.87. The third-order valence-corrected chi connectivity index (χ3v) is 3.91. The highest BCUT2D eigenvalue weighted by Gasteiger charge is 2.23. The number of benzene rings is 1. The second-order valence-electron chi connectivity index (χ2n) is 6.32. The van der Waals surface area contributed by atoms with Gasteiger partial charge in [0.1, 0.15) is 0 Å². The smallest absolute Gasteiger partial charge is 0.0259 e. The number of rotatable bonds is 4. The summed E-state index contributed by atoms with van der Waals surface area (Å²) in [4.78, 5) is 0. The Balaban J connectivity index is 2.74. The maximum atomic E-state index is 6.08. The Morgan fingerprint density at radius 2 is 1.59 bits per heavy atom. The van der Waals surface area contributed by atoms with Gasteiger partial charge < -0.3 is 0 Å². The zero-order valence-corrected chi connectivity index (χ0v) is 12.5. The van der Waals surface area contributed by atoms with E-state index >= 15 is 0 Å². The average molecular weight is 253 g/mol. The van der Waals surface area contributed by atoms with E-state index in [0.717, 1.165) is 12.3 Å². The van der Waals surface area contributed by atoms with Gasteiger partial charge in [0.05, 0.1) is 0 Å². The molecule has 0 amide bonds. The first-order valence-corrected chi connectivity index (χ1v) is 7.03. The maximum absolute atomic E-state index is 6.08. The summed E-state index contributed by atoms with van der Waals surface area (Å²) in [7, 11) is 0. The molecular weight excluding hydrogens is 228 g/mol. The highest BCUT2D eigenvalue weighted by molar-refractivity contribution is 6.18. The van der Waals surface area contributed by atoms with E-state index in [1.165, 1.54) is 11.1 Å². The first-order valence-electron chi connectivity index (χ1n) is 6.49. The zero-order chi connectivity index (χ0) is 13.1. The van der Waals surface area contributed by atoms with Crippen LogP contribution >= 0.6 is 11.6 Å². The van der Waals surface area contributed by atoms with Gasteiger partial charge in [-0.25, -0.2) is 0 Å². The van der Waals surface area contributed by atoms with Crippen molar-refractivity contribution in [2.45, 2.75) is 47.0 Å². The van der Waals surface area contributed by atoms with Crippen LogP contribution < -0.4 is 0 Å². The second-order valence-corrected chi connectivity index (χ2v) is 6.63. The Kier molecular flexibility index (Phi) is 5.06. The molecule has 0 bridgehead atoms. The Hall–Kier alpha value is -0.490. The molecule has 0 saturated carbocycles. The molecule has 0 aromatic heterocycles. The largest absolute Gasteiger partial charge is 0.126 e. The molecule has 96 valence electrons. The summed E-state index contributed by atoms with van der Waals surface area (Å²) < 4.78 is 0. The van der Waals surface area contributed by atoms with Crippen LogP contribution in [0.1, 0.15) is 51.7 Å². The molecule has 1 rings (SSSR count). The molecule has 0 spiro atoms. The van der Waals surface area contributed by atoms with E-state index in [4.69, 9.17) is 11.6 Å². The van der Waals surface area contributed by atoms with Gasteiger partial charge in [-0.3, -0.25) is 0 Å². The maximum Gasteiger partial charge on any atom is 0.0259 e. The van der Waals surface area contributed by atoms with Crippen LogP contribution in [0.3, 0.4) is 0 Å². The van der Waals surface area contributed by atoms with E-state index in [1.807, 2.05) is 0 Å². The Labute approximate surface area is 111 Å². The lowest BCUT2D eigenvalue weighted by Gasteiger charge is -2.29. The molecule has 0 aliphatic rings. The van der Waals surface area contributed by atoms with Crippen LogP contribution in [0, 0.1) is 11.3 Å². The third-order valence-electron chi connectivity index (χ3n) is 3.54. The van der Waals surface area contributed by atoms with E-state index < -0.39 is 0 Å². The van der Waals surface area contributed by atoms with Crippen LogP contribution in [0.15, 0.2) is 24.3 Å². The lowest BCUT2D eigenvalue weighted by atomic mass is 9.78. The van der Waals surface area contributed by atoms with Crippen LogP contribution in [0.5, 0.6) is 0 Å². The highest BCUT2D eigenvalue weighted by atomic mass is 35.5. The Morgan fingerprint density at radius 1 is 1.06 bits per heavy atom.